The van der Waals surface area contributed by atoms with Crippen LogP contribution in [0.3, 0.4) is 0 Å². The number of pyridine rings is 1. The van der Waals surface area contributed by atoms with E-state index in [1.165, 1.54) is 24.1 Å². The monoisotopic (exact) mass is 389 g/mol. The summed E-state index contributed by atoms with van der Waals surface area (Å²) in [5.41, 5.74) is 6.90. The van der Waals surface area contributed by atoms with Crippen LogP contribution in [0.2, 0.25) is 0 Å². The van der Waals surface area contributed by atoms with E-state index >= 15 is 0 Å². The average Bonchev–Trinajstić information content (AvgIpc) is 2.78. The van der Waals surface area contributed by atoms with Crippen molar-refractivity contribution in [2.45, 2.75) is 38.4 Å². The van der Waals surface area contributed by atoms with Gasteiger partial charge in [0.1, 0.15) is 0 Å². The van der Waals surface area contributed by atoms with E-state index in [1.54, 1.807) is 11.3 Å². The van der Waals surface area contributed by atoms with Crippen LogP contribution in [0.5, 0.6) is 0 Å². The largest absolute Gasteiger partial charge is 0.375 e. The lowest BCUT2D eigenvalue weighted by Crippen LogP contribution is -2.35. The average molecular weight is 390 g/mol. The summed E-state index contributed by atoms with van der Waals surface area (Å²) in [5, 5.41) is 4.14. The maximum absolute atomic E-state index is 5.78. The van der Waals surface area contributed by atoms with Crippen molar-refractivity contribution in [2.24, 2.45) is 0 Å². The van der Waals surface area contributed by atoms with E-state index in [0.717, 1.165) is 31.9 Å². The fourth-order valence-electron chi connectivity index (χ4n) is 2.98. The van der Waals surface area contributed by atoms with E-state index in [-0.39, 0.29) is 24.8 Å². The summed E-state index contributed by atoms with van der Waals surface area (Å²) >= 11 is 1.58. The summed E-state index contributed by atoms with van der Waals surface area (Å²) in [6.07, 6.45) is 7.41. The second-order valence-electron chi connectivity index (χ2n) is 5.73. The van der Waals surface area contributed by atoms with Crippen LogP contribution in [-0.2, 0) is 13.1 Å². The number of aromatic nitrogens is 2. The number of nitrogens with zero attached hydrogens (tertiary/aromatic N) is 3. The molecule has 1 fully saturated rings. The van der Waals surface area contributed by atoms with Gasteiger partial charge in [-0.2, -0.15) is 0 Å². The van der Waals surface area contributed by atoms with Gasteiger partial charge in [-0.05, 0) is 44.5 Å². The summed E-state index contributed by atoms with van der Waals surface area (Å²) in [5.74, 6) is 0. The van der Waals surface area contributed by atoms with Crippen LogP contribution in [0.25, 0.3) is 0 Å². The van der Waals surface area contributed by atoms with Crippen LogP contribution in [0.4, 0.5) is 5.13 Å². The number of nitrogens with one attached hydrogen (secondary N) is 1. The fraction of sp³-hybridized carbons (Fsp3) is 0.500. The molecule has 0 aromatic carbocycles. The molecule has 0 saturated carbocycles. The predicted octanol–water partition coefficient (Wildman–Crippen LogP) is 3.11. The Hall–Kier alpha value is -0.920. The molecule has 0 bridgehead atoms. The Bertz CT molecular complexity index is 573. The molecule has 1 aliphatic heterocycles. The summed E-state index contributed by atoms with van der Waals surface area (Å²) in [4.78, 5) is 12.4. The van der Waals surface area contributed by atoms with E-state index in [4.69, 9.17) is 5.73 Å². The molecule has 24 heavy (non-hydrogen) atoms. The predicted molar refractivity (Wildman–Crippen MR) is 105 cm³/mol. The standard InChI is InChI=1S/C16H23N5S.2ClH/c17-16-20-10-15(22-16)12-21(11-13-4-1-2-8-19-13)14-5-3-7-18-9-6-14;;/h1-2,4,8,10,14,18H,3,5-7,9,11-12H2,(H2,17,20);2*1H. The molecule has 3 N–H and O–H groups in total. The molecule has 1 saturated heterocycles. The number of nitrogen functional groups attached to an aromatic ring is 1. The first-order valence-corrected chi connectivity index (χ1v) is 8.68. The van der Waals surface area contributed by atoms with Crippen molar-refractivity contribution < 1.29 is 0 Å². The number of rotatable bonds is 5. The maximum atomic E-state index is 5.78. The molecule has 2 aromatic heterocycles. The van der Waals surface area contributed by atoms with Crippen molar-refractivity contribution in [3.63, 3.8) is 0 Å². The minimum Gasteiger partial charge on any atom is -0.375 e. The van der Waals surface area contributed by atoms with E-state index in [0.29, 0.717) is 11.2 Å². The van der Waals surface area contributed by atoms with Gasteiger partial charge in [0.2, 0.25) is 0 Å². The van der Waals surface area contributed by atoms with Gasteiger partial charge in [0.15, 0.2) is 5.13 Å². The quantitative estimate of drug-likeness (QED) is 0.821. The van der Waals surface area contributed by atoms with Gasteiger partial charge in [-0.1, -0.05) is 6.07 Å². The van der Waals surface area contributed by atoms with Crippen LogP contribution in [-0.4, -0.2) is 34.0 Å². The Morgan fingerprint density at radius 2 is 2.04 bits per heavy atom. The zero-order chi connectivity index (χ0) is 15.2. The Labute approximate surface area is 159 Å². The Kier molecular flexibility index (Phi) is 9.54. The summed E-state index contributed by atoms with van der Waals surface area (Å²) in [6.45, 7) is 4.00. The molecule has 1 atom stereocenters. The highest BCUT2D eigenvalue weighted by Gasteiger charge is 2.21. The molecule has 1 unspecified atom stereocenters. The van der Waals surface area contributed by atoms with Gasteiger partial charge in [0, 0.05) is 36.4 Å². The maximum Gasteiger partial charge on any atom is 0.180 e. The van der Waals surface area contributed by atoms with Crippen molar-refractivity contribution in [1.29, 1.82) is 0 Å². The van der Waals surface area contributed by atoms with Crippen LogP contribution >= 0.6 is 36.2 Å². The SMILES string of the molecule is Cl.Cl.Nc1ncc(CN(Cc2ccccn2)C2CCCNCC2)s1. The third-order valence-corrected chi connectivity index (χ3v) is 4.89. The van der Waals surface area contributed by atoms with Crippen molar-refractivity contribution in [1.82, 2.24) is 20.2 Å². The molecule has 5 nitrogen and oxygen atoms in total. The number of halogens is 2. The zero-order valence-corrected chi connectivity index (χ0v) is 16.0. The van der Waals surface area contributed by atoms with Crippen molar-refractivity contribution in [3.8, 4) is 0 Å². The molecule has 0 amide bonds. The molecular formula is C16H25Cl2N5S. The molecule has 3 heterocycles. The van der Waals surface area contributed by atoms with Crippen LogP contribution in [0, 0.1) is 0 Å². The molecule has 0 radical (unpaired) electrons. The van der Waals surface area contributed by atoms with E-state index in [1.807, 2.05) is 18.5 Å². The van der Waals surface area contributed by atoms with Crippen molar-refractivity contribution in [2.75, 3.05) is 18.8 Å². The number of thiazole rings is 1. The Morgan fingerprint density at radius 1 is 1.17 bits per heavy atom. The zero-order valence-electron chi connectivity index (χ0n) is 13.6. The third kappa shape index (κ3) is 6.18. The fourth-order valence-corrected chi connectivity index (χ4v) is 3.69. The lowest BCUT2D eigenvalue weighted by atomic mass is 10.1. The molecule has 134 valence electrons. The van der Waals surface area contributed by atoms with Gasteiger partial charge in [-0.15, -0.1) is 36.2 Å². The second-order valence-corrected chi connectivity index (χ2v) is 6.87. The first kappa shape index (κ1) is 21.1. The van der Waals surface area contributed by atoms with Gasteiger partial charge >= 0.3 is 0 Å². The number of hydrogen-bond acceptors (Lipinski definition) is 6. The number of nitrogens with two attached hydrogens (primary N) is 1. The summed E-state index contributed by atoms with van der Waals surface area (Å²) < 4.78 is 0. The van der Waals surface area contributed by atoms with Gasteiger partial charge in [0.05, 0.1) is 5.69 Å². The van der Waals surface area contributed by atoms with E-state index < -0.39 is 0 Å². The minimum atomic E-state index is 0. The molecule has 8 heteroatoms. The highest BCUT2D eigenvalue weighted by molar-refractivity contribution is 7.15. The summed E-state index contributed by atoms with van der Waals surface area (Å²) in [7, 11) is 0. The molecular weight excluding hydrogens is 365 g/mol. The molecule has 0 spiro atoms. The number of hydrogen-bond donors (Lipinski definition) is 2. The number of anilines is 1. The van der Waals surface area contributed by atoms with Crippen LogP contribution < -0.4 is 11.1 Å². The Balaban J connectivity index is 0.00000144. The van der Waals surface area contributed by atoms with Gasteiger partial charge in [0.25, 0.3) is 0 Å². The van der Waals surface area contributed by atoms with E-state index in [9.17, 15) is 0 Å². The first-order chi connectivity index (χ1) is 10.8. The lowest BCUT2D eigenvalue weighted by Gasteiger charge is -2.30. The Morgan fingerprint density at radius 3 is 2.75 bits per heavy atom. The first-order valence-electron chi connectivity index (χ1n) is 7.86. The second kappa shape index (κ2) is 10.8. The molecule has 3 rings (SSSR count). The highest BCUT2D eigenvalue weighted by atomic mass is 35.5. The molecule has 2 aromatic rings. The smallest absolute Gasteiger partial charge is 0.180 e. The van der Waals surface area contributed by atoms with Gasteiger partial charge in [-0.3, -0.25) is 9.88 Å². The summed E-state index contributed by atoms with van der Waals surface area (Å²) in [6, 6.07) is 6.70. The molecule has 0 aliphatic carbocycles. The van der Waals surface area contributed by atoms with Crippen molar-refractivity contribution in [3.05, 3.63) is 41.2 Å². The van der Waals surface area contributed by atoms with Gasteiger partial charge in [-0.25, -0.2) is 4.98 Å². The molecule has 1 aliphatic rings. The normalized spacial score (nSPS) is 17.6. The highest BCUT2D eigenvalue weighted by Crippen LogP contribution is 2.22. The minimum absolute atomic E-state index is 0. The van der Waals surface area contributed by atoms with Crippen LogP contribution in [0.15, 0.2) is 30.6 Å². The third-order valence-electron chi connectivity index (χ3n) is 4.08. The van der Waals surface area contributed by atoms with Crippen molar-refractivity contribution >= 4 is 41.3 Å². The van der Waals surface area contributed by atoms with Gasteiger partial charge < -0.3 is 11.1 Å². The van der Waals surface area contributed by atoms with E-state index in [2.05, 4.69) is 32.3 Å². The lowest BCUT2D eigenvalue weighted by molar-refractivity contribution is 0.163. The topological polar surface area (TPSA) is 67.1 Å². The van der Waals surface area contributed by atoms with Crippen LogP contribution in [0.1, 0.15) is 29.8 Å².